The van der Waals surface area contributed by atoms with Crippen molar-refractivity contribution in [1.82, 2.24) is 10.3 Å². The number of nitrogens with one attached hydrogen (secondary N) is 2. The molecular weight excluding hydrogens is 208 g/mol. The summed E-state index contributed by atoms with van der Waals surface area (Å²) in [7, 11) is 1.55. The molecular formula is C10H12N4O2. The van der Waals surface area contributed by atoms with Crippen LogP contribution in [0, 0.1) is 0 Å². The Morgan fingerprint density at radius 2 is 2.19 bits per heavy atom. The Balaban J connectivity index is 2.65. The SMILES string of the molecule is CNC(=O)c1ccc(N/N=C/C(C)=O)nc1. The summed E-state index contributed by atoms with van der Waals surface area (Å²) in [6.45, 7) is 1.40. The van der Waals surface area contributed by atoms with Crippen LogP contribution in [-0.2, 0) is 4.79 Å². The van der Waals surface area contributed by atoms with Gasteiger partial charge in [-0.2, -0.15) is 5.10 Å². The van der Waals surface area contributed by atoms with Crippen LogP contribution in [0.2, 0.25) is 0 Å². The first kappa shape index (κ1) is 11.8. The quantitative estimate of drug-likeness (QED) is 0.569. The van der Waals surface area contributed by atoms with E-state index in [9.17, 15) is 9.59 Å². The van der Waals surface area contributed by atoms with Gasteiger partial charge in [-0.1, -0.05) is 0 Å². The van der Waals surface area contributed by atoms with Crippen LogP contribution in [0.25, 0.3) is 0 Å². The summed E-state index contributed by atoms with van der Waals surface area (Å²) in [4.78, 5) is 25.7. The topological polar surface area (TPSA) is 83.5 Å². The van der Waals surface area contributed by atoms with E-state index in [-0.39, 0.29) is 11.7 Å². The Hall–Kier alpha value is -2.24. The highest BCUT2D eigenvalue weighted by molar-refractivity contribution is 6.26. The summed E-state index contributed by atoms with van der Waals surface area (Å²) in [5.41, 5.74) is 3.03. The zero-order chi connectivity index (χ0) is 12.0. The lowest BCUT2D eigenvalue weighted by Gasteiger charge is -2.01. The molecule has 2 N–H and O–H groups in total. The van der Waals surface area contributed by atoms with Gasteiger partial charge in [-0.3, -0.25) is 15.0 Å². The molecule has 1 heterocycles. The van der Waals surface area contributed by atoms with Gasteiger partial charge in [0.25, 0.3) is 5.91 Å². The number of aromatic nitrogens is 1. The minimum Gasteiger partial charge on any atom is -0.355 e. The lowest BCUT2D eigenvalue weighted by molar-refractivity contribution is -0.110. The minimum absolute atomic E-state index is 0.158. The van der Waals surface area contributed by atoms with E-state index >= 15 is 0 Å². The largest absolute Gasteiger partial charge is 0.355 e. The smallest absolute Gasteiger partial charge is 0.252 e. The number of anilines is 1. The third-order valence-corrected chi connectivity index (χ3v) is 1.68. The predicted octanol–water partition coefficient (Wildman–Crippen LogP) is 0.428. The molecule has 0 aliphatic rings. The fourth-order valence-corrected chi connectivity index (χ4v) is 0.928. The molecule has 0 saturated heterocycles. The summed E-state index contributed by atoms with van der Waals surface area (Å²) in [5, 5.41) is 6.13. The summed E-state index contributed by atoms with van der Waals surface area (Å²) < 4.78 is 0. The van der Waals surface area contributed by atoms with Crippen LogP contribution in [-0.4, -0.2) is 29.9 Å². The molecule has 1 rings (SSSR count). The molecule has 0 fully saturated rings. The highest BCUT2D eigenvalue weighted by Gasteiger charge is 2.02. The van der Waals surface area contributed by atoms with Crippen LogP contribution in [0.4, 0.5) is 5.82 Å². The molecule has 6 heteroatoms. The van der Waals surface area contributed by atoms with Gasteiger partial charge in [0.15, 0.2) is 5.78 Å². The average Bonchev–Trinajstić information content (AvgIpc) is 2.28. The predicted molar refractivity (Wildman–Crippen MR) is 60.4 cm³/mol. The maximum Gasteiger partial charge on any atom is 0.252 e. The zero-order valence-corrected chi connectivity index (χ0v) is 9.02. The Bertz CT molecular complexity index is 411. The molecule has 0 saturated carbocycles. The molecule has 0 spiro atoms. The molecule has 0 aromatic carbocycles. The molecule has 1 aromatic heterocycles. The highest BCUT2D eigenvalue weighted by Crippen LogP contribution is 2.04. The summed E-state index contributed by atoms with van der Waals surface area (Å²) >= 11 is 0. The number of ketones is 1. The Morgan fingerprint density at radius 1 is 1.44 bits per heavy atom. The van der Waals surface area contributed by atoms with Crippen molar-refractivity contribution in [3.05, 3.63) is 23.9 Å². The van der Waals surface area contributed by atoms with Gasteiger partial charge < -0.3 is 5.32 Å². The number of nitrogens with zero attached hydrogens (tertiary/aromatic N) is 2. The van der Waals surface area contributed by atoms with Crippen LogP contribution >= 0.6 is 0 Å². The number of amides is 1. The molecule has 16 heavy (non-hydrogen) atoms. The average molecular weight is 220 g/mol. The van der Waals surface area contributed by atoms with Gasteiger partial charge in [0, 0.05) is 20.2 Å². The van der Waals surface area contributed by atoms with E-state index in [4.69, 9.17) is 0 Å². The van der Waals surface area contributed by atoms with Crippen molar-refractivity contribution in [2.45, 2.75) is 6.92 Å². The van der Waals surface area contributed by atoms with Gasteiger partial charge in [0.2, 0.25) is 0 Å². The van der Waals surface area contributed by atoms with E-state index in [0.29, 0.717) is 11.4 Å². The van der Waals surface area contributed by atoms with E-state index < -0.39 is 0 Å². The van der Waals surface area contributed by atoms with Crippen molar-refractivity contribution in [3.8, 4) is 0 Å². The Morgan fingerprint density at radius 3 is 2.69 bits per heavy atom. The Kier molecular flexibility index (Phi) is 4.14. The summed E-state index contributed by atoms with van der Waals surface area (Å²) in [6, 6.07) is 3.21. The third-order valence-electron chi connectivity index (χ3n) is 1.68. The minimum atomic E-state index is -0.203. The summed E-state index contributed by atoms with van der Waals surface area (Å²) in [5.74, 6) is 0.103. The molecule has 1 aromatic rings. The number of carbonyl (C=O) groups excluding carboxylic acids is 2. The van der Waals surface area contributed by atoms with Crippen LogP contribution in [0.3, 0.4) is 0 Å². The molecule has 0 aliphatic heterocycles. The molecule has 6 nitrogen and oxygen atoms in total. The maximum atomic E-state index is 11.2. The molecule has 0 radical (unpaired) electrons. The second kappa shape index (κ2) is 5.59. The van der Waals surface area contributed by atoms with Gasteiger partial charge in [-0.05, 0) is 12.1 Å². The van der Waals surface area contributed by atoms with Gasteiger partial charge in [-0.25, -0.2) is 4.98 Å². The van der Waals surface area contributed by atoms with Crippen LogP contribution in [0.15, 0.2) is 23.4 Å². The third kappa shape index (κ3) is 3.49. The number of hydrogen-bond acceptors (Lipinski definition) is 5. The first-order valence-electron chi connectivity index (χ1n) is 4.61. The van der Waals surface area contributed by atoms with Crippen LogP contribution < -0.4 is 10.7 Å². The molecule has 0 aliphatic carbocycles. The molecule has 84 valence electrons. The summed E-state index contributed by atoms with van der Waals surface area (Å²) in [6.07, 6.45) is 2.57. The number of pyridine rings is 1. The zero-order valence-electron chi connectivity index (χ0n) is 9.02. The lowest BCUT2D eigenvalue weighted by Crippen LogP contribution is -2.17. The maximum absolute atomic E-state index is 11.2. The number of carbonyl (C=O) groups is 2. The van der Waals surface area contributed by atoms with E-state index in [2.05, 4.69) is 20.8 Å². The molecule has 0 atom stereocenters. The van der Waals surface area contributed by atoms with Gasteiger partial charge >= 0.3 is 0 Å². The van der Waals surface area contributed by atoms with Crippen molar-refractivity contribution in [1.29, 1.82) is 0 Å². The second-order valence-corrected chi connectivity index (χ2v) is 2.99. The second-order valence-electron chi connectivity index (χ2n) is 2.99. The number of hydrazone groups is 1. The van der Waals surface area contributed by atoms with E-state index in [0.717, 1.165) is 6.21 Å². The van der Waals surface area contributed by atoms with Gasteiger partial charge in [0.1, 0.15) is 5.82 Å². The fraction of sp³-hybridized carbons (Fsp3) is 0.200. The lowest BCUT2D eigenvalue weighted by atomic mass is 10.3. The van der Waals surface area contributed by atoms with Crippen molar-refractivity contribution in [2.75, 3.05) is 12.5 Å². The number of Topliss-reactive ketones (excluding diaryl/α,β-unsaturated/α-hetero) is 1. The van der Waals surface area contributed by atoms with Crippen molar-refractivity contribution >= 4 is 23.7 Å². The monoisotopic (exact) mass is 220 g/mol. The number of hydrogen-bond donors (Lipinski definition) is 2. The Labute approximate surface area is 92.8 Å². The van der Waals surface area contributed by atoms with E-state index in [1.807, 2.05) is 0 Å². The highest BCUT2D eigenvalue weighted by atomic mass is 16.1. The standard InChI is InChI=1S/C10H12N4O2/c1-7(15)5-13-14-9-4-3-8(6-12-9)10(16)11-2/h3-6H,1-2H3,(H,11,16)(H,12,14)/b13-5+. The number of rotatable bonds is 4. The van der Waals surface area contributed by atoms with Crippen molar-refractivity contribution in [2.24, 2.45) is 5.10 Å². The molecule has 0 bridgehead atoms. The van der Waals surface area contributed by atoms with E-state index in [1.54, 1.807) is 19.2 Å². The van der Waals surface area contributed by atoms with Crippen LogP contribution in [0.1, 0.15) is 17.3 Å². The normalized spacial score (nSPS) is 10.1. The first-order valence-corrected chi connectivity index (χ1v) is 4.61. The van der Waals surface area contributed by atoms with Crippen molar-refractivity contribution < 1.29 is 9.59 Å². The molecule has 1 amide bonds. The molecule has 0 unspecified atom stereocenters. The van der Waals surface area contributed by atoms with E-state index in [1.165, 1.54) is 13.1 Å². The fourth-order valence-electron chi connectivity index (χ4n) is 0.928. The van der Waals surface area contributed by atoms with Gasteiger partial charge in [0.05, 0.1) is 11.8 Å². The van der Waals surface area contributed by atoms with Gasteiger partial charge in [-0.15, -0.1) is 0 Å². The first-order chi connectivity index (χ1) is 7.63. The van der Waals surface area contributed by atoms with Crippen molar-refractivity contribution in [3.63, 3.8) is 0 Å². The van der Waals surface area contributed by atoms with Crippen LogP contribution in [0.5, 0.6) is 0 Å².